The van der Waals surface area contributed by atoms with Crippen LogP contribution in [0.4, 0.5) is 0 Å². The van der Waals surface area contributed by atoms with Gasteiger partial charge in [0.15, 0.2) is 0 Å². The zero-order valence-corrected chi connectivity index (χ0v) is 12.0. The van der Waals surface area contributed by atoms with Gasteiger partial charge in [-0.2, -0.15) is 5.26 Å². The van der Waals surface area contributed by atoms with Crippen LogP contribution in [0, 0.1) is 17.2 Å². The van der Waals surface area contributed by atoms with E-state index in [1.54, 1.807) is 24.3 Å². The van der Waals surface area contributed by atoms with Gasteiger partial charge >= 0.3 is 0 Å². The smallest absolute Gasteiger partial charge is 0.290 e. The Bertz CT molecular complexity index is 711. The molecule has 1 saturated heterocycles. The minimum Gasteiger partial charge on any atom is -0.349 e. The van der Waals surface area contributed by atoms with E-state index in [4.69, 9.17) is 5.26 Å². The lowest BCUT2D eigenvalue weighted by molar-refractivity contribution is 0.0938. The molecule has 1 atom stereocenters. The molecule has 0 radical (unpaired) electrons. The Balaban J connectivity index is 1.67. The van der Waals surface area contributed by atoms with Crippen LogP contribution in [0.2, 0.25) is 0 Å². The molecule has 1 aliphatic heterocycles. The van der Waals surface area contributed by atoms with Crippen molar-refractivity contribution in [2.75, 3.05) is 19.6 Å². The number of rotatable bonds is 4. The standard InChI is InChI=1S/C15H16N6O/c16-7-11-2-1-3-13(6-11)21-10-19-14(20-21)15(22)18-9-12-4-5-17-8-12/h1-3,6,10,12,17H,4-5,8-9H2,(H,18,22)/t12-/m0/s1. The van der Waals surface area contributed by atoms with E-state index in [2.05, 4.69) is 26.8 Å². The first-order valence-electron chi connectivity index (χ1n) is 7.17. The maximum Gasteiger partial charge on any atom is 0.290 e. The number of aromatic nitrogens is 3. The highest BCUT2D eigenvalue weighted by atomic mass is 16.2. The largest absolute Gasteiger partial charge is 0.349 e. The van der Waals surface area contributed by atoms with Crippen LogP contribution in [0.3, 0.4) is 0 Å². The summed E-state index contributed by atoms with van der Waals surface area (Å²) < 4.78 is 1.49. The third kappa shape index (κ3) is 3.13. The fourth-order valence-electron chi connectivity index (χ4n) is 2.41. The molecule has 3 rings (SSSR count). The van der Waals surface area contributed by atoms with Gasteiger partial charge in [-0.05, 0) is 43.6 Å². The van der Waals surface area contributed by atoms with Crippen molar-refractivity contribution in [3.05, 3.63) is 42.0 Å². The van der Waals surface area contributed by atoms with Gasteiger partial charge in [0, 0.05) is 6.54 Å². The summed E-state index contributed by atoms with van der Waals surface area (Å²) in [5.74, 6) is 0.328. The van der Waals surface area contributed by atoms with Crippen molar-refractivity contribution in [3.8, 4) is 11.8 Å². The molecule has 0 spiro atoms. The van der Waals surface area contributed by atoms with E-state index < -0.39 is 0 Å². The second-order valence-corrected chi connectivity index (χ2v) is 5.24. The zero-order chi connectivity index (χ0) is 15.4. The first-order chi connectivity index (χ1) is 10.8. The number of benzene rings is 1. The topological polar surface area (TPSA) is 95.6 Å². The van der Waals surface area contributed by atoms with Crippen molar-refractivity contribution >= 4 is 5.91 Å². The Morgan fingerprint density at radius 3 is 3.23 bits per heavy atom. The van der Waals surface area contributed by atoms with Crippen LogP contribution >= 0.6 is 0 Å². The van der Waals surface area contributed by atoms with Gasteiger partial charge in [-0.25, -0.2) is 9.67 Å². The monoisotopic (exact) mass is 296 g/mol. The van der Waals surface area contributed by atoms with Crippen LogP contribution in [0.1, 0.15) is 22.6 Å². The van der Waals surface area contributed by atoms with Gasteiger partial charge in [-0.1, -0.05) is 6.07 Å². The lowest BCUT2D eigenvalue weighted by Crippen LogP contribution is -2.31. The number of amides is 1. The van der Waals surface area contributed by atoms with E-state index in [1.807, 2.05) is 0 Å². The molecule has 2 aromatic rings. The third-order valence-electron chi connectivity index (χ3n) is 3.65. The Morgan fingerprint density at radius 2 is 2.45 bits per heavy atom. The van der Waals surface area contributed by atoms with Gasteiger partial charge in [-0.15, -0.1) is 5.10 Å². The number of nitrogens with zero attached hydrogens (tertiary/aromatic N) is 4. The quantitative estimate of drug-likeness (QED) is 0.855. The Labute approximate surface area is 128 Å². The van der Waals surface area contributed by atoms with Gasteiger partial charge in [0.1, 0.15) is 6.33 Å². The SMILES string of the molecule is N#Cc1cccc(-n2cnc(C(=O)NC[C@H]3CCNC3)n2)c1. The fourth-order valence-corrected chi connectivity index (χ4v) is 2.41. The summed E-state index contributed by atoms with van der Waals surface area (Å²) in [7, 11) is 0. The highest BCUT2D eigenvalue weighted by Gasteiger charge is 2.17. The van der Waals surface area contributed by atoms with E-state index in [-0.39, 0.29) is 11.7 Å². The summed E-state index contributed by atoms with van der Waals surface area (Å²) in [5.41, 5.74) is 1.23. The second-order valence-electron chi connectivity index (χ2n) is 5.24. The molecule has 0 bridgehead atoms. The minimum absolute atomic E-state index is 0.133. The van der Waals surface area contributed by atoms with E-state index in [9.17, 15) is 4.79 Å². The molecule has 22 heavy (non-hydrogen) atoms. The highest BCUT2D eigenvalue weighted by Crippen LogP contribution is 2.09. The van der Waals surface area contributed by atoms with E-state index in [1.165, 1.54) is 11.0 Å². The van der Waals surface area contributed by atoms with Gasteiger partial charge < -0.3 is 10.6 Å². The molecule has 112 valence electrons. The van der Waals surface area contributed by atoms with Gasteiger partial charge in [0.2, 0.25) is 5.82 Å². The first kappa shape index (κ1) is 14.2. The van der Waals surface area contributed by atoms with Crippen LogP contribution in [0.5, 0.6) is 0 Å². The Morgan fingerprint density at radius 1 is 1.55 bits per heavy atom. The molecular formula is C15H16N6O. The van der Waals surface area contributed by atoms with Crippen LogP contribution in [0.25, 0.3) is 5.69 Å². The van der Waals surface area contributed by atoms with Crippen molar-refractivity contribution in [1.29, 1.82) is 5.26 Å². The molecule has 0 aliphatic carbocycles. The summed E-state index contributed by atoms with van der Waals surface area (Å²) in [4.78, 5) is 16.1. The average molecular weight is 296 g/mol. The number of hydrogen-bond acceptors (Lipinski definition) is 5. The predicted molar refractivity (Wildman–Crippen MR) is 79.4 cm³/mol. The Hall–Kier alpha value is -2.72. The normalized spacial score (nSPS) is 17.1. The van der Waals surface area contributed by atoms with E-state index in [0.29, 0.717) is 23.7 Å². The number of carbonyl (C=O) groups excluding carboxylic acids is 1. The summed E-state index contributed by atoms with van der Waals surface area (Å²) in [6.07, 6.45) is 2.55. The molecule has 0 unspecified atom stereocenters. The second kappa shape index (κ2) is 6.37. The number of nitriles is 1. The van der Waals surface area contributed by atoms with Crippen molar-refractivity contribution in [2.45, 2.75) is 6.42 Å². The number of nitrogens with one attached hydrogen (secondary N) is 2. The minimum atomic E-state index is -0.276. The summed E-state index contributed by atoms with van der Waals surface area (Å²) >= 11 is 0. The van der Waals surface area contributed by atoms with Crippen LogP contribution in [0.15, 0.2) is 30.6 Å². The van der Waals surface area contributed by atoms with Crippen molar-refractivity contribution in [1.82, 2.24) is 25.4 Å². The van der Waals surface area contributed by atoms with Gasteiger partial charge in [0.05, 0.1) is 17.3 Å². The lowest BCUT2D eigenvalue weighted by Gasteiger charge is -2.08. The first-order valence-corrected chi connectivity index (χ1v) is 7.17. The molecule has 7 nitrogen and oxygen atoms in total. The molecule has 1 aliphatic rings. The van der Waals surface area contributed by atoms with Crippen LogP contribution in [-0.4, -0.2) is 40.3 Å². The molecule has 7 heteroatoms. The van der Waals surface area contributed by atoms with Crippen molar-refractivity contribution in [2.24, 2.45) is 5.92 Å². The number of hydrogen-bond donors (Lipinski definition) is 2. The molecular weight excluding hydrogens is 280 g/mol. The van der Waals surface area contributed by atoms with Gasteiger partial charge in [-0.3, -0.25) is 4.79 Å². The summed E-state index contributed by atoms with van der Waals surface area (Å²) in [5, 5.41) is 19.2. The molecule has 1 fully saturated rings. The zero-order valence-electron chi connectivity index (χ0n) is 12.0. The summed E-state index contributed by atoms with van der Waals surface area (Å²) in [6, 6.07) is 9.05. The predicted octanol–water partition coefficient (Wildman–Crippen LogP) is 0.478. The molecule has 2 N–H and O–H groups in total. The van der Waals surface area contributed by atoms with Crippen LogP contribution in [-0.2, 0) is 0 Å². The average Bonchev–Trinajstić information content (AvgIpc) is 3.24. The van der Waals surface area contributed by atoms with Crippen molar-refractivity contribution < 1.29 is 4.79 Å². The maximum absolute atomic E-state index is 12.0. The van der Waals surface area contributed by atoms with E-state index in [0.717, 1.165) is 19.5 Å². The van der Waals surface area contributed by atoms with Crippen molar-refractivity contribution in [3.63, 3.8) is 0 Å². The van der Waals surface area contributed by atoms with E-state index >= 15 is 0 Å². The van der Waals surface area contributed by atoms with Gasteiger partial charge in [0.25, 0.3) is 5.91 Å². The molecule has 2 heterocycles. The number of carbonyl (C=O) groups is 1. The summed E-state index contributed by atoms with van der Waals surface area (Å²) in [6.45, 7) is 2.57. The maximum atomic E-state index is 12.0. The molecule has 1 aromatic heterocycles. The van der Waals surface area contributed by atoms with Crippen LogP contribution < -0.4 is 10.6 Å². The highest BCUT2D eigenvalue weighted by molar-refractivity contribution is 5.90. The fraction of sp³-hybridized carbons (Fsp3) is 0.333. The third-order valence-corrected chi connectivity index (χ3v) is 3.65. The molecule has 1 aromatic carbocycles. The lowest BCUT2D eigenvalue weighted by atomic mass is 10.1. The molecule has 0 saturated carbocycles. The Kier molecular flexibility index (Phi) is 4.12. The molecule has 1 amide bonds.